The van der Waals surface area contributed by atoms with Crippen LogP contribution >= 0.6 is 22.9 Å². The molecule has 1 aromatic heterocycles. The molecule has 1 fully saturated rings. The zero-order chi connectivity index (χ0) is 19.2. The van der Waals surface area contributed by atoms with Gasteiger partial charge >= 0.3 is 0 Å². The highest BCUT2D eigenvalue weighted by Crippen LogP contribution is 2.29. The first-order valence-corrected chi connectivity index (χ1v) is 11.1. The van der Waals surface area contributed by atoms with Crippen molar-refractivity contribution in [3.63, 3.8) is 0 Å². The second-order valence-electron chi connectivity index (χ2n) is 6.06. The zero-order valence-corrected chi connectivity index (χ0v) is 17.2. The van der Waals surface area contributed by atoms with Crippen molar-refractivity contribution in [2.45, 2.75) is 10.8 Å². The van der Waals surface area contributed by atoms with Crippen molar-refractivity contribution >= 4 is 52.0 Å². The molecule has 142 valence electrons. The van der Waals surface area contributed by atoms with Crippen LogP contribution in [0.2, 0.25) is 0 Å². The minimum absolute atomic E-state index is 0.00112. The molecule has 2 heterocycles. The summed E-state index contributed by atoms with van der Waals surface area (Å²) in [6.45, 7) is 5.72. The van der Waals surface area contributed by atoms with Gasteiger partial charge in [-0.15, -0.1) is 22.9 Å². The second-order valence-corrected chi connectivity index (χ2v) is 9.16. The molecule has 2 aromatic rings. The first kappa shape index (κ1) is 20.0. The summed E-state index contributed by atoms with van der Waals surface area (Å²) in [6.07, 6.45) is 5.50. The molecule has 1 aromatic carbocycles. The molecule has 1 atom stereocenters. The first-order chi connectivity index (χ1) is 13.1. The van der Waals surface area contributed by atoms with Gasteiger partial charge in [0.05, 0.1) is 6.54 Å². The molecule has 1 aliphatic rings. The molecule has 1 aliphatic heterocycles. The molecule has 4 nitrogen and oxygen atoms in total. The van der Waals surface area contributed by atoms with E-state index in [9.17, 15) is 9.00 Å². The third-order valence-corrected chi connectivity index (χ3v) is 7.29. The monoisotopic (exact) mass is 420 g/mol. The number of alkyl halides is 1. The van der Waals surface area contributed by atoms with Gasteiger partial charge in [-0.05, 0) is 17.2 Å². The van der Waals surface area contributed by atoms with Gasteiger partial charge in [-0.25, -0.2) is 8.51 Å². The predicted molar refractivity (Wildman–Crippen MR) is 114 cm³/mol. The summed E-state index contributed by atoms with van der Waals surface area (Å²) < 4.78 is 15.4. The van der Waals surface area contributed by atoms with E-state index in [2.05, 4.69) is 6.58 Å². The number of thiophene rings is 1. The van der Waals surface area contributed by atoms with Crippen LogP contribution in [0, 0.1) is 0 Å². The minimum Gasteiger partial charge on any atom is -0.336 e. The number of piperazine rings is 1. The zero-order valence-electron chi connectivity index (χ0n) is 14.8. The van der Waals surface area contributed by atoms with Crippen LogP contribution in [0.1, 0.15) is 16.0 Å². The van der Waals surface area contributed by atoms with Gasteiger partial charge in [0.25, 0.3) is 0 Å². The van der Waals surface area contributed by atoms with Crippen LogP contribution in [-0.4, -0.2) is 44.8 Å². The quantitative estimate of drug-likeness (QED) is 0.635. The van der Waals surface area contributed by atoms with Gasteiger partial charge in [-0.1, -0.05) is 55.1 Å². The van der Waals surface area contributed by atoms with E-state index in [1.165, 1.54) is 11.3 Å². The standard InChI is InChI=1S/C20H21ClN2O2S2/c1-2-18-17(9-6-10-21)13-20(26-18)27(25)23-12-11-22(19(24)15-23)14-16-7-4-3-5-8-16/h2-9,13H,1,10-12,14-15H2/b9-6-. The summed E-state index contributed by atoms with van der Waals surface area (Å²) in [4.78, 5) is 15.3. The molecule has 27 heavy (non-hydrogen) atoms. The van der Waals surface area contributed by atoms with E-state index in [0.29, 0.717) is 25.5 Å². The summed E-state index contributed by atoms with van der Waals surface area (Å²) in [5, 5.41) is 0. The van der Waals surface area contributed by atoms with E-state index in [1.807, 2.05) is 53.5 Å². The van der Waals surface area contributed by atoms with Gasteiger partial charge in [-0.2, -0.15) is 0 Å². The minimum atomic E-state index is -1.36. The van der Waals surface area contributed by atoms with Crippen molar-refractivity contribution in [2.75, 3.05) is 25.5 Å². The van der Waals surface area contributed by atoms with E-state index in [-0.39, 0.29) is 12.5 Å². The van der Waals surface area contributed by atoms with E-state index in [4.69, 9.17) is 11.6 Å². The number of halogens is 1. The van der Waals surface area contributed by atoms with Crippen molar-refractivity contribution < 1.29 is 9.00 Å². The Labute approximate surface area is 171 Å². The molecule has 1 amide bonds. The van der Waals surface area contributed by atoms with Crippen molar-refractivity contribution in [1.82, 2.24) is 9.21 Å². The Balaban J connectivity index is 1.67. The maximum atomic E-state index is 13.0. The topological polar surface area (TPSA) is 40.6 Å². The van der Waals surface area contributed by atoms with Crippen LogP contribution in [0.25, 0.3) is 12.2 Å². The second kappa shape index (κ2) is 9.46. The number of hydrogen-bond acceptors (Lipinski definition) is 3. The van der Waals surface area contributed by atoms with Crippen molar-refractivity contribution in [3.05, 3.63) is 65.1 Å². The molecule has 3 rings (SSSR count). The van der Waals surface area contributed by atoms with Gasteiger partial charge in [0.15, 0.2) is 0 Å². The molecule has 0 saturated carbocycles. The molecular formula is C20H21ClN2O2S2. The molecule has 1 saturated heterocycles. The smallest absolute Gasteiger partial charge is 0.238 e. The summed E-state index contributed by atoms with van der Waals surface area (Å²) in [5.74, 6) is 0.420. The largest absolute Gasteiger partial charge is 0.336 e. The summed E-state index contributed by atoms with van der Waals surface area (Å²) in [6, 6.07) is 11.8. The highest BCUT2D eigenvalue weighted by Gasteiger charge is 2.28. The number of benzene rings is 1. The Hall–Kier alpha value is -1.73. The number of hydrogen-bond donors (Lipinski definition) is 0. The molecular weight excluding hydrogens is 400 g/mol. The van der Waals surface area contributed by atoms with E-state index < -0.39 is 11.0 Å². The van der Waals surface area contributed by atoms with Gasteiger partial charge in [-0.3, -0.25) is 4.79 Å². The summed E-state index contributed by atoms with van der Waals surface area (Å²) in [5.41, 5.74) is 2.05. The lowest BCUT2D eigenvalue weighted by Gasteiger charge is -2.33. The Morgan fingerprint density at radius 2 is 2.04 bits per heavy atom. The molecule has 7 heteroatoms. The van der Waals surface area contributed by atoms with Crippen LogP contribution in [0.5, 0.6) is 0 Å². The number of allylic oxidation sites excluding steroid dienone is 1. The molecule has 0 N–H and O–H groups in total. The molecule has 1 unspecified atom stereocenters. The lowest BCUT2D eigenvalue weighted by Crippen LogP contribution is -2.50. The molecule has 0 bridgehead atoms. The third-order valence-electron chi connectivity index (χ3n) is 4.25. The summed E-state index contributed by atoms with van der Waals surface area (Å²) in [7, 11) is -1.36. The third kappa shape index (κ3) is 4.96. The van der Waals surface area contributed by atoms with Crippen LogP contribution in [0.15, 0.2) is 53.3 Å². The van der Waals surface area contributed by atoms with Gasteiger partial charge in [0.1, 0.15) is 15.2 Å². The number of rotatable bonds is 7. The number of carbonyl (C=O) groups excluding carboxylic acids is 1. The maximum Gasteiger partial charge on any atom is 0.238 e. The Morgan fingerprint density at radius 1 is 1.26 bits per heavy atom. The van der Waals surface area contributed by atoms with Gasteiger partial charge < -0.3 is 4.90 Å². The van der Waals surface area contributed by atoms with E-state index in [0.717, 1.165) is 20.2 Å². The Morgan fingerprint density at radius 3 is 2.70 bits per heavy atom. The lowest BCUT2D eigenvalue weighted by molar-refractivity contribution is -0.134. The predicted octanol–water partition coefficient (Wildman–Crippen LogP) is 4.01. The molecule has 0 spiro atoms. The first-order valence-electron chi connectivity index (χ1n) is 8.59. The van der Waals surface area contributed by atoms with Gasteiger partial charge in [0.2, 0.25) is 5.91 Å². The summed E-state index contributed by atoms with van der Waals surface area (Å²) >= 11 is 7.14. The van der Waals surface area contributed by atoms with Crippen molar-refractivity contribution in [1.29, 1.82) is 0 Å². The highest BCUT2D eigenvalue weighted by atomic mass is 35.5. The average Bonchev–Trinajstić information content (AvgIpc) is 3.11. The van der Waals surface area contributed by atoms with Crippen LogP contribution < -0.4 is 0 Å². The molecule has 0 radical (unpaired) electrons. The number of amides is 1. The van der Waals surface area contributed by atoms with Crippen molar-refractivity contribution in [2.24, 2.45) is 0 Å². The maximum absolute atomic E-state index is 13.0. The SMILES string of the molecule is C=Cc1sc(S(=O)N2CCN(Cc3ccccc3)C(=O)C2)cc1/C=C\CCl. The van der Waals surface area contributed by atoms with Crippen LogP contribution in [0.4, 0.5) is 0 Å². The molecule has 0 aliphatic carbocycles. The highest BCUT2D eigenvalue weighted by molar-refractivity contribution is 7.85. The van der Waals surface area contributed by atoms with E-state index in [1.54, 1.807) is 10.4 Å². The Bertz CT molecular complexity index is 864. The number of nitrogens with zero attached hydrogens (tertiary/aromatic N) is 2. The Kier molecular flexibility index (Phi) is 7.01. The number of carbonyl (C=O) groups is 1. The fraction of sp³-hybridized carbons (Fsp3) is 0.250. The van der Waals surface area contributed by atoms with Crippen LogP contribution in [-0.2, 0) is 22.3 Å². The van der Waals surface area contributed by atoms with Gasteiger partial charge in [0, 0.05) is 30.4 Å². The normalized spacial score (nSPS) is 16.8. The van der Waals surface area contributed by atoms with Crippen LogP contribution in [0.3, 0.4) is 0 Å². The van der Waals surface area contributed by atoms with E-state index >= 15 is 0 Å². The fourth-order valence-electron chi connectivity index (χ4n) is 2.87. The lowest BCUT2D eigenvalue weighted by atomic mass is 10.2. The van der Waals surface area contributed by atoms with Crippen molar-refractivity contribution in [3.8, 4) is 0 Å². The average molecular weight is 421 g/mol. The fourth-order valence-corrected chi connectivity index (χ4v) is 5.52.